The summed E-state index contributed by atoms with van der Waals surface area (Å²) in [5.74, 6) is -0.0894. The first-order valence-corrected chi connectivity index (χ1v) is 9.47. The maximum absolute atomic E-state index is 13.4. The van der Waals surface area contributed by atoms with Gasteiger partial charge in [-0.25, -0.2) is 0 Å². The summed E-state index contributed by atoms with van der Waals surface area (Å²) in [6.45, 7) is 3.97. The van der Waals surface area contributed by atoms with Gasteiger partial charge in [-0.3, -0.25) is 9.59 Å². The van der Waals surface area contributed by atoms with Gasteiger partial charge in [0.2, 0.25) is 0 Å². The fourth-order valence-electron chi connectivity index (χ4n) is 5.15. The highest BCUT2D eigenvalue weighted by Gasteiger charge is 2.37. The maximum atomic E-state index is 13.4. The van der Waals surface area contributed by atoms with E-state index >= 15 is 0 Å². The summed E-state index contributed by atoms with van der Waals surface area (Å²) in [6, 6.07) is 19.8. The molecule has 0 radical (unpaired) electrons. The Morgan fingerprint density at radius 2 is 0.929 bits per heavy atom. The summed E-state index contributed by atoms with van der Waals surface area (Å²) in [5, 5.41) is 2.40. The fourth-order valence-corrected chi connectivity index (χ4v) is 5.15. The van der Waals surface area contributed by atoms with E-state index in [-0.39, 0.29) is 11.6 Å². The molecule has 0 unspecified atom stereocenters. The molecule has 0 atom stereocenters. The van der Waals surface area contributed by atoms with Crippen LogP contribution in [0, 0.1) is 13.8 Å². The third kappa shape index (κ3) is 1.64. The number of rotatable bonds is 0. The van der Waals surface area contributed by atoms with E-state index in [1.165, 1.54) is 10.8 Å². The van der Waals surface area contributed by atoms with Crippen LogP contribution in [0.25, 0.3) is 33.0 Å². The first-order valence-electron chi connectivity index (χ1n) is 9.47. The molecule has 0 saturated carbocycles. The summed E-state index contributed by atoms with van der Waals surface area (Å²) in [5.41, 5.74) is 8.50. The van der Waals surface area contributed by atoms with Crippen LogP contribution in [0.15, 0.2) is 60.7 Å². The van der Waals surface area contributed by atoms with Crippen molar-refractivity contribution in [2.75, 3.05) is 0 Å². The van der Waals surface area contributed by atoms with E-state index in [0.29, 0.717) is 22.3 Å². The molecule has 2 aliphatic carbocycles. The Morgan fingerprint density at radius 1 is 0.500 bits per heavy atom. The zero-order chi connectivity index (χ0) is 19.2. The summed E-state index contributed by atoms with van der Waals surface area (Å²) in [4.78, 5) is 26.8. The number of fused-ring (bicyclic) bond motifs is 5. The van der Waals surface area contributed by atoms with Crippen molar-refractivity contribution in [3.05, 3.63) is 94.0 Å². The molecular weight excluding hydrogens is 344 g/mol. The fraction of sp³-hybridized carbons (Fsp3) is 0.0769. The second-order valence-corrected chi connectivity index (χ2v) is 7.66. The Balaban J connectivity index is 1.80. The van der Waals surface area contributed by atoms with Crippen molar-refractivity contribution < 1.29 is 9.59 Å². The standard InChI is InChI=1S/C26H16O2/c1-13-20-18-11-5-7-15-8-6-12-19(24(15)18)21(20)14(2)23-22(13)25(27)16-9-3-4-10-17(16)26(23)28/h3-12H,1-2H3. The summed E-state index contributed by atoms with van der Waals surface area (Å²) < 4.78 is 0. The van der Waals surface area contributed by atoms with Gasteiger partial charge in [0.05, 0.1) is 0 Å². The molecule has 6 rings (SSSR count). The van der Waals surface area contributed by atoms with Gasteiger partial charge in [-0.05, 0) is 58.0 Å². The monoisotopic (exact) mass is 360 g/mol. The number of hydrogen-bond acceptors (Lipinski definition) is 2. The zero-order valence-electron chi connectivity index (χ0n) is 15.6. The van der Waals surface area contributed by atoms with E-state index < -0.39 is 0 Å². The Labute approximate surface area is 162 Å². The van der Waals surface area contributed by atoms with Crippen LogP contribution in [0.4, 0.5) is 0 Å². The van der Waals surface area contributed by atoms with Gasteiger partial charge in [0.25, 0.3) is 0 Å². The van der Waals surface area contributed by atoms with E-state index in [0.717, 1.165) is 33.4 Å². The predicted octanol–water partition coefficient (Wildman–Crippen LogP) is 5.88. The number of hydrogen-bond donors (Lipinski definition) is 0. The molecular formula is C26H16O2. The largest absolute Gasteiger partial charge is 0.289 e. The van der Waals surface area contributed by atoms with Gasteiger partial charge < -0.3 is 0 Å². The normalized spacial score (nSPS) is 13.5. The number of carbonyl (C=O) groups is 2. The number of ketones is 2. The van der Waals surface area contributed by atoms with Crippen LogP contribution < -0.4 is 0 Å². The molecule has 4 aromatic rings. The summed E-state index contributed by atoms with van der Waals surface area (Å²) >= 11 is 0. The van der Waals surface area contributed by atoms with Crippen molar-refractivity contribution in [3.63, 3.8) is 0 Å². The van der Waals surface area contributed by atoms with Gasteiger partial charge >= 0.3 is 0 Å². The van der Waals surface area contributed by atoms with Gasteiger partial charge in [-0.1, -0.05) is 60.7 Å². The minimum atomic E-state index is -0.0447. The molecule has 0 spiro atoms. The average Bonchev–Trinajstić information content (AvgIpc) is 3.06. The molecule has 2 nitrogen and oxygen atoms in total. The van der Waals surface area contributed by atoms with Crippen LogP contribution in [0.3, 0.4) is 0 Å². The molecule has 0 heterocycles. The van der Waals surface area contributed by atoms with E-state index in [4.69, 9.17) is 0 Å². The van der Waals surface area contributed by atoms with Crippen LogP contribution in [-0.2, 0) is 0 Å². The highest BCUT2D eigenvalue weighted by atomic mass is 16.1. The maximum Gasteiger partial charge on any atom is 0.194 e. The molecule has 132 valence electrons. The Bertz CT molecular complexity index is 1300. The topological polar surface area (TPSA) is 34.1 Å². The Hall–Kier alpha value is -3.52. The zero-order valence-corrected chi connectivity index (χ0v) is 15.6. The van der Waals surface area contributed by atoms with Crippen molar-refractivity contribution in [2.24, 2.45) is 0 Å². The van der Waals surface area contributed by atoms with Crippen LogP contribution in [-0.4, -0.2) is 11.6 Å². The highest BCUT2D eigenvalue weighted by molar-refractivity contribution is 6.31. The van der Waals surface area contributed by atoms with Crippen molar-refractivity contribution in [3.8, 4) is 22.3 Å². The van der Waals surface area contributed by atoms with E-state index in [9.17, 15) is 9.59 Å². The molecule has 0 fully saturated rings. The SMILES string of the molecule is Cc1c2c(c(C)c3c1-c1cccc4cccc-3c14)C(=O)c1ccccc1C2=O. The molecule has 2 heteroatoms. The first-order chi connectivity index (χ1) is 13.6. The summed E-state index contributed by atoms with van der Waals surface area (Å²) in [7, 11) is 0. The second-order valence-electron chi connectivity index (χ2n) is 7.66. The van der Waals surface area contributed by atoms with Crippen molar-refractivity contribution >= 4 is 22.3 Å². The quantitative estimate of drug-likeness (QED) is 0.339. The minimum absolute atomic E-state index is 0.0447. The molecule has 0 amide bonds. The molecule has 0 bridgehead atoms. The molecule has 2 aliphatic rings. The molecule has 4 aromatic carbocycles. The molecule has 0 aromatic heterocycles. The lowest BCUT2D eigenvalue weighted by atomic mass is 9.76. The lowest BCUT2D eigenvalue weighted by Gasteiger charge is -2.24. The van der Waals surface area contributed by atoms with Gasteiger partial charge in [-0.2, -0.15) is 0 Å². The summed E-state index contributed by atoms with van der Waals surface area (Å²) in [6.07, 6.45) is 0. The molecule has 0 aliphatic heterocycles. The van der Waals surface area contributed by atoms with Gasteiger partial charge in [-0.15, -0.1) is 0 Å². The molecule has 0 saturated heterocycles. The lowest BCUT2D eigenvalue weighted by molar-refractivity contribution is 0.0978. The highest BCUT2D eigenvalue weighted by Crippen LogP contribution is 2.52. The average molecular weight is 360 g/mol. The van der Waals surface area contributed by atoms with E-state index in [1.54, 1.807) is 12.1 Å². The van der Waals surface area contributed by atoms with Crippen LogP contribution in [0.2, 0.25) is 0 Å². The predicted molar refractivity (Wildman–Crippen MR) is 111 cm³/mol. The van der Waals surface area contributed by atoms with Crippen LogP contribution in [0.1, 0.15) is 43.0 Å². The second kappa shape index (κ2) is 5.05. The lowest BCUT2D eigenvalue weighted by Crippen LogP contribution is -2.24. The first kappa shape index (κ1) is 15.5. The third-order valence-corrected chi connectivity index (χ3v) is 6.31. The minimum Gasteiger partial charge on any atom is -0.289 e. The van der Waals surface area contributed by atoms with Crippen molar-refractivity contribution in [1.29, 1.82) is 0 Å². The van der Waals surface area contributed by atoms with Crippen LogP contribution in [0.5, 0.6) is 0 Å². The number of benzene rings is 4. The Morgan fingerprint density at radius 3 is 1.39 bits per heavy atom. The smallest absolute Gasteiger partial charge is 0.194 e. The van der Waals surface area contributed by atoms with Crippen molar-refractivity contribution in [2.45, 2.75) is 13.8 Å². The van der Waals surface area contributed by atoms with Crippen LogP contribution >= 0.6 is 0 Å². The van der Waals surface area contributed by atoms with Crippen molar-refractivity contribution in [1.82, 2.24) is 0 Å². The van der Waals surface area contributed by atoms with E-state index in [2.05, 4.69) is 36.4 Å². The third-order valence-electron chi connectivity index (χ3n) is 6.31. The van der Waals surface area contributed by atoms with Gasteiger partial charge in [0, 0.05) is 22.3 Å². The van der Waals surface area contributed by atoms with Gasteiger partial charge in [0.1, 0.15) is 0 Å². The molecule has 28 heavy (non-hydrogen) atoms. The van der Waals surface area contributed by atoms with Gasteiger partial charge in [0.15, 0.2) is 11.6 Å². The van der Waals surface area contributed by atoms with E-state index in [1.807, 2.05) is 26.0 Å². The number of carbonyl (C=O) groups excluding carboxylic acids is 2. The molecule has 0 N–H and O–H groups in total. The Kier molecular flexibility index (Phi) is 2.80.